The lowest BCUT2D eigenvalue weighted by Gasteiger charge is -2.27. The molecule has 92 valence electrons. The summed E-state index contributed by atoms with van der Waals surface area (Å²) < 4.78 is 5.12. The van der Waals surface area contributed by atoms with Crippen LogP contribution in [0.3, 0.4) is 0 Å². The number of rotatable bonds is 5. The molecule has 4 nitrogen and oxygen atoms in total. The molecule has 0 rings (SSSR count). The van der Waals surface area contributed by atoms with Crippen molar-refractivity contribution in [3.05, 3.63) is 12.7 Å². The van der Waals surface area contributed by atoms with Crippen molar-refractivity contribution in [1.82, 2.24) is 0 Å². The fourth-order valence-corrected chi connectivity index (χ4v) is 0.898. The van der Waals surface area contributed by atoms with Gasteiger partial charge in [-0.1, -0.05) is 26.8 Å². The molecular formula is C12H20O4. The van der Waals surface area contributed by atoms with E-state index in [0.29, 0.717) is 0 Å². The van der Waals surface area contributed by atoms with Crippen molar-refractivity contribution in [2.45, 2.75) is 40.2 Å². The molecule has 0 aliphatic heterocycles. The molecule has 0 aromatic rings. The number of carboxylic acids is 1. The number of hydrogen-bond acceptors (Lipinski definition) is 3. The molecule has 0 heterocycles. The van der Waals surface area contributed by atoms with Crippen molar-refractivity contribution in [2.24, 2.45) is 11.3 Å². The third-order valence-corrected chi connectivity index (χ3v) is 2.50. The zero-order chi connectivity index (χ0) is 12.9. The lowest BCUT2D eigenvalue weighted by atomic mass is 9.90. The van der Waals surface area contributed by atoms with E-state index in [9.17, 15) is 9.59 Å². The summed E-state index contributed by atoms with van der Waals surface area (Å²) in [6.45, 7) is 11.0. The lowest BCUT2D eigenvalue weighted by molar-refractivity contribution is -0.165. The van der Waals surface area contributed by atoms with Crippen molar-refractivity contribution >= 4 is 11.9 Å². The average Bonchev–Trinajstić information content (AvgIpc) is 2.11. The Kier molecular flexibility index (Phi) is 5.21. The first-order valence-electron chi connectivity index (χ1n) is 5.24. The number of ether oxygens (including phenoxy) is 1. The van der Waals surface area contributed by atoms with Gasteiger partial charge in [-0.3, -0.25) is 9.59 Å². The van der Waals surface area contributed by atoms with E-state index in [1.54, 1.807) is 6.92 Å². The van der Waals surface area contributed by atoms with Gasteiger partial charge >= 0.3 is 11.9 Å². The van der Waals surface area contributed by atoms with Gasteiger partial charge in [-0.05, 0) is 18.8 Å². The van der Waals surface area contributed by atoms with Gasteiger partial charge in [0.05, 0.1) is 0 Å². The second kappa shape index (κ2) is 5.68. The molecule has 0 amide bonds. The van der Waals surface area contributed by atoms with E-state index < -0.39 is 17.9 Å². The predicted octanol–water partition coefficient (Wildman–Crippen LogP) is 2.24. The topological polar surface area (TPSA) is 63.6 Å². The smallest absolute Gasteiger partial charge is 0.320 e. The summed E-state index contributed by atoms with van der Waals surface area (Å²) in [7, 11) is 0. The van der Waals surface area contributed by atoms with Gasteiger partial charge in [0.15, 0.2) is 5.92 Å². The summed E-state index contributed by atoms with van der Waals surface area (Å²) in [6.07, 6.45) is 1.17. The Labute approximate surface area is 96.3 Å². The van der Waals surface area contributed by atoms with E-state index in [1.807, 2.05) is 20.8 Å². The molecule has 0 saturated heterocycles. The fourth-order valence-electron chi connectivity index (χ4n) is 0.898. The van der Waals surface area contributed by atoms with E-state index in [2.05, 4.69) is 6.58 Å². The van der Waals surface area contributed by atoms with Crippen molar-refractivity contribution in [2.75, 3.05) is 0 Å². The predicted molar refractivity (Wildman–Crippen MR) is 60.9 cm³/mol. The largest absolute Gasteiger partial charge is 0.481 e. The van der Waals surface area contributed by atoms with E-state index in [4.69, 9.17) is 9.84 Å². The van der Waals surface area contributed by atoms with Crippen LogP contribution in [0, 0.1) is 11.3 Å². The monoisotopic (exact) mass is 228 g/mol. The summed E-state index contributed by atoms with van der Waals surface area (Å²) in [5.41, 5.74) is -0.201. The summed E-state index contributed by atoms with van der Waals surface area (Å²) in [4.78, 5) is 22.4. The highest BCUT2D eigenvalue weighted by Crippen LogP contribution is 2.23. The minimum Gasteiger partial charge on any atom is -0.481 e. The Balaban J connectivity index is 4.54. The van der Waals surface area contributed by atoms with Crippen LogP contribution in [0.25, 0.3) is 0 Å². The average molecular weight is 228 g/mol. The number of aliphatic carboxylic acids is 1. The standard InChI is InChI=1S/C12H20O4/c1-6-7-9(10(13)14)11(15)16-8(2)12(3,4)5/h6,8-9H,1,7H2,2-5H3,(H,13,14). The number of carbonyl (C=O) groups excluding carboxylic acids is 1. The lowest BCUT2D eigenvalue weighted by Crippen LogP contribution is -2.34. The van der Waals surface area contributed by atoms with Crippen LogP contribution < -0.4 is 0 Å². The van der Waals surface area contributed by atoms with E-state index in [0.717, 1.165) is 0 Å². The molecule has 16 heavy (non-hydrogen) atoms. The van der Waals surface area contributed by atoms with E-state index >= 15 is 0 Å². The fraction of sp³-hybridized carbons (Fsp3) is 0.667. The van der Waals surface area contributed by atoms with E-state index in [-0.39, 0.29) is 17.9 Å². The molecule has 0 aliphatic rings. The summed E-state index contributed by atoms with van der Waals surface area (Å²) >= 11 is 0. The Hall–Kier alpha value is -1.32. The van der Waals surface area contributed by atoms with Crippen molar-refractivity contribution in [3.8, 4) is 0 Å². The van der Waals surface area contributed by atoms with Gasteiger partial charge in [-0.15, -0.1) is 6.58 Å². The number of allylic oxidation sites excluding steroid dienone is 1. The van der Waals surface area contributed by atoms with Crippen LogP contribution in [0.4, 0.5) is 0 Å². The van der Waals surface area contributed by atoms with Crippen LogP contribution in [-0.2, 0) is 14.3 Å². The van der Waals surface area contributed by atoms with Gasteiger partial charge in [0, 0.05) is 0 Å². The number of hydrogen-bond donors (Lipinski definition) is 1. The summed E-state index contributed by atoms with van der Waals surface area (Å²) in [5.74, 6) is -3.02. The normalized spacial score (nSPS) is 15.0. The molecule has 0 aliphatic carbocycles. The molecule has 0 bridgehead atoms. The molecule has 0 saturated carbocycles. The first-order chi connectivity index (χ1) is 7.20. The zero-order valence-electron chi connectivity index (χ0n) is 10.3. The molecule has 2 atom stereocenters. The third-order valence-electron chi connectivity index (χ3n) is 2.50. The van der Waals surface area contributed by atoms with Gasteiger partial charge in [-0.25, -0.2) is 0 Å². The second-order valence-electron chi connectivity index (χ2n) is 4.86. The Morgan fingerprint density at radius 2 is 1.94 bits per heavy atom. The van der Waals surface area contributed by atoms with Crippen LogP contribution in [0.15, 0.2) is 12.7 Å². The number of carboxylic acid groups (broad SMARTS) is 1. The Morgan fingerprint density at radius 1 is 1.44 bits per heavy atom. The summed E-state index contributed by atoms with van der Waals surface area (Å²) in [6, 6.07) is 0. The molecule has 2 unspecified atom stereocenters. The molecule has 0 aromatic carbocycles. The first-order valence-corrected chi connectivity index (χ1v) is 5.24. The van der Waals surface area contributed by atoms with Crippen LogP contribution >= 0.6 is 0 Å². The van der Waals surface area contributed by atoms with Crippen molar-refractivity contribution < 1.29 is 19.4 Å². The van der Waals surface area contributed by atoms with Gasteiger partial charge < -0.3 is 9.84 Å². The van der Waals surface area contributed by atoms with Gasteiger partial charge in [0.25, 0.3) is 0 Å². The van der Waals surface area contributed by atoms with Crippen LogP contribution in [0.1, 0.15) is 34.1 Å². The third kappa shape index (κ3) is 4.47. The van der Waals surface area contributed by atoms with Crippen molar-refractivity contribution in [3.63, 3.8) is 0 Å². The van der Waals surface area contributed by atoms with Gasteiger partial charge in [-0.2, -0.15) is 0 Å². The van der Waals surface area contributed by atoms with Crippen LogP contribution in [0.5, 0.6) is 0 Å². The summed E-state index contributed by atoms with van der Waals surface area (Å²) in [5, 5.41) is 8.84. The van der Waals surface area contributed by atoms with Gasteiger partial charge in [0.1, 0.15) is 6.10 Å². The van der Waals surface area contributed by atoms with Crippen molar-refractivity contribution in [1.29, 1.82) is 0 Å². The molecule has 4 heteroatoms. The van der Waals surface area contributed by atoms with Crippen LogP contribution in [-0.4, -0.2) is 23.1 Å². The molecular weight excluding hydrogens is 208 g/mol. The molecule has 0 aromatic heterocycles. The number of esters is 1. The SMILES string of the molecule is C=CCC(C(=O)O)C(=O)OC(C)C(C)(C)C. The molecule has 0 fully saturated rings. The molecule has 1 N–H and O–H groups in total. The second-order valence-corrected chi connectivity index (χ2v) is 4.86. The molecule has 0 radical (unpaired) electrons. The minimum atomic E-state index is -1.17. The highest BCUT2D eigenvalue weighted by atomic mass is 16.5. The Bertz CT molecular complexity index is 275. The highest BCUT2D eigenvalue weighted by Gasteiger charge is 2.31. The quantitative estimate of drug-likeness (QED) is 0.445. The maximum absolute atomic E-state index is 11.6. The minimum absolute atomic E-state index is 0.0883. The van der Waals surface area contributed by atoms with Crippen LogP contribution in [0.2, 0.25) is 0 Å². The first kappa shape index (κ1) is 14.7. The maximum Gasteiger partial charge on any atom is 0.320 e. The van der Waals surface area contributed by atoms with E-state index in [1.165, 1.54) is 6.08 Å². The number of carbonyl (C=O) groups is 2. The maximum atomic E-state index is 11.6. The zero-order valence-corrected chi connectivity index (χ0v) is 10.3. The van der Waals surface area contributed by atoms with Gasteiger partial charge in [0.2, 0.25) is 0 Å². The Morgan fingerprint density at radius 3 is 2.25 bits per heavy atom. The molecule has 0 spiro atoms. The highest BCUT2D eigenvalue weighted by molar-refractivity contribution is 5.94.